The van der Waals surface area contributed by atoms with Gasteiger partial charge in [0.1, 0.15) is 17.8 Å². The molecule has 1 amide bonds. The number of carbonyl (C=O) groups is 1. The molecular weight excluding hydrogens is 438 g/mol. The molecule has 0 unspecified atom stereocenters. The van der Waals surface area contributed by atoms with Crippen molar-refractivity contribution in [1.82, 2.24) is 24.6 Å². The van der Waals surface area contributed by atoms with Crippen LogP contribution in [0.5, 0.6) is 11.5 Å². The van der Waals surface area contributed by atoms with E-state index in [2.05, 4.69) is 27.2 Å². The van der Waals surface area contributed by atoms with Crippen molar-refractivity contribution >= 4 is 17.7 Å². The Bertz CT molecular complexity index is 1030. The monoisotopic (exact) mass is 467 g/mol. The molecule has 3 aromatic rings. The van der Waals surface area contributed by atoms with Crippen molar-refractivity contribution in [2.75, 3.05) is 45.6 Å². The maximum absolute atomic E-state index is 12.8. The summed E-state index contributed by atoms with van der Waals surface area (Å²) in [7, 11) is 1.64. The van der Waals surface area contributed by atoms with Crippen molar-refractivity contribution in [2.45, 2.75) is 18.6 Å². The minimum absolute atomic E-state index is 0.130. The normalized spacial score (nSPS) is 14.3. The SMILES string of the molecule is CCOc1ccc(CN2CCN(C(=O)CSc3nncn3-c3ccc(OC)cc3)CC2)cc1. The van der Waals surface area contributed by atoms with E-state index in [1.165, 1.54) is 17.3 Å². The van der Waals surface area contributed by atoms with E-state index < -0.39 is 0 Å². The van der Waals surface area contributed by atoms with Gasteiger partial charge in [-0.15, -0.1) is 10.2 Å². The van der Waals surface area contributed by atoms with Crippen LogP contribution in [0, 0.1) is 0 Å². The molecule has 8 nitrogen and oxygen atoms in total. The standard InChI is InChI=1S/C24H29N5O3S/c1-3-32-22-8-4-19(5-9-22)16-27-12-14-28(15-13-27)23(30)17-33-24-26-25-18-29(24)20-6-10-21(31-2)11-7-20/h4-11,18H,3,12-17H2,1-2H3. The number of hydrogen-bond acceptors (Lipinski definition) is 7. The molecule has 0 atom stereocenters. The Balaban J connectivity index is 1.25. The molecule has 9 heteroatoms. The average Bonchev–Trinajstić information content (AvgIpc) is 3.33. The van der Waals surface area contributed by atoms with Crippen molar-refractivity contribution in [2.24, 2.45) is 0 Å². The smallest absolute Gasteiger partial charge is 0.233 e. The summed E-state index contributed by atoms with van der Waals surface area (Å²) in [5.74, 6) is 2.16. The van der Waals surface area contributed by atoms with Gasteiger partial charge in [0.15, 0.2) is 5.16 Å². The van der Waals surface area contributed by atoms with E-state index in [9.17, 15) is 4.79 Å². The quantitative estimate of drug-likeness (QED) is 0.448. The second-order valence-corrected chi connectivity index (χ2v) is 8.65. The number of thioether (sulfide) groups is 1. The first-order chi connectivity index (χ1) is 16.2. The number of aromatic nitrogens is 3. The summed E-state index contributed by atoms with van der Waals surface area (Å²) in [6, 6.07) is 15.9. The van der Waals surface area contributed by atoms with Crippen LogP contribution in [-0.2, 0) is 11.3 Å². The van der Waals surface area contributed by atoms with Gasteiger partial charge >= 0.3 is 0 Å². The minimum Gasteiger partial charge on any atom is -0.497 e. The van der Waals surface area contributed by atoms with E-state index in [-0.39, 0.29) is 5.91 Å². The Labute approximate surface area is 198 Å². The van der Waals surface area contributed by atoms with Gasteiger partial charge in [-0.2, -0.15) is 0 Å². The number of methoxy groups -OCH3 is 1. The van der Waals surface area contributed by atoms with Crippen molar-refractivity contribution in [3.8, 4) is 17.2 Å². The minimum atomic E-state index is 0.130. The van der Waals surface area contributed by atoms with Crippen molar-refractivity contribution in [3.05, 3.63) is 60.4 Å². The Morgan fingerprint density at radius 2 is 1.70 bits per heavy atom. The van der Waals surface area contributed by atoms with Gasteiger partial charge in [0, 0.05) is 38.4 Å². The van der Waals surface area contributed by atoms with E-state index in [0.717, 1.165) is 49.9 Å². The second kappa shape index (κ2) is 11.2. The first kappa shape index (κ1) is 23.1. The highest BCUT2D eigenvalue weighted by atomic mass is 32.2. The number of nitrogens with zero attached hydrogens (tertiary/aromatic N) is 5. The average molecular weight is 468 g/mol. The summed E-state index contributed by atoms with van der Waals surface area (Å²) in [6.07, 6.45) is 1.66. The molecule has 0 N–H and O–H groups in total. The highest BCUT2D eigenvalue weighted by Gasteiger charge is 2.22. The fourth-order valence-corrected chi connectivity index (χ4v) is 4.56. The van der Waals surface area contributed by atoms with Gasteiger partial charge in [-0.1, -0.05) is 23.9 Å². The molecule has 0 bridgehead atoms. The van der Waals surface area contributed by atoms with Crippen LogP contribution in [0.15, 0.2) is 60.0 Å². The van der Waals surface area contributed by atoms with E-state index in [1.807, 2.05) is 52.8 Å². The molecule has 0 spiro atoms. The van der Waals surface area contributed by atoms with Crippen LogP contribution in [0.1, 0.15) is 12.5 Å². The number of amides is 1. The largest absolute Gasteiger partial charge is 0.497 e. The molecule has 2 aromatic carbocycles. The lowest BCUT2D eigenvalue weighted by Gasteiger charge is -2.34. The van der Waals surface area contributed by atoms with Crippen LogP contribution < -0.4 is 9.47 Å². The molecule has 0 saturated carbocycles. The van der Waals surface area contributed by atoms with Crippen LogP contribution in [0.2, 0.25) is 0 Å². The third-order valence-electron chi connectivity index (χ3n) is 5.56. The number of carbonyl (C=O) groups excluding carboxylic acids is 1. The van der Waals surface area contributed by atoms with Gasteiger partial charge in [0.25, 0.3) is 0 Å². The van der Waals surface area contributed by atoms with Crippen LogP contribution in [-0.4, -0.2) is 76.1 Å². The predicted octanol–water partition coefficient (Wildman–Crippen LogP) is 3.11. The Kier molecular flexibility index (Phi) is 7.85. The molecule has 4 rings (SSSR count). The third kappa shape index (κ3) is 6.06. The van der Waals surface area contributed by atoms with Gasteiger partial charge in [-0.3, -0.25) is 14.3 Å². The zero-order chi connectivity index (χ0) is 23.0. The van der Waals surface area contributed by atoms with Gasteiger partial charge < -0.3 is 14.4 Å². The van der Waals surface area contributed by atoms with Gasteiger partial charge in [0.05, 0.1) is 19.5 Å². The molecule has 174 valence electrons. The maximum Gasteiger partial charge on any atom is 0.233 e. The maximum atomic E-state index is 12.8. The summed E-state index contributed by atoms with van der Waals surface area (Å²) >= 11 is 1.41. The zero-order valence-electron chi connectivity index (χ0n) is 19.0. The van der Waals surface area contributed by atoms with E-state index in [0.29, 0.717) is 17.5 Å². The molecule has 33 heavy (non-hydrogen) atoms. The Hall–Kier alpha value is -3.04. The third-order valence-corrected chi connectivity index (χ3v) is 6.49. The van der Waals surface area contributed by atoms with E-state index in [1.54, 1.807) is 13.4 Å². The molecule has 0 radical (unpaired) electrons. The molecule has 1 aliphatic rings. The molecule has 1 saturated heterocycles. The first-order valence-corrected chi connectivity index (χ1v) is 12.0. The highest BCUT2D eigenvalue weighted by molar-refractivity contribution is 7.99. The summed E-state index contributed by atoms with van der Waals surface area (Å²) in [6.45, 7) is 6.75. The fraction of sp³-hybridized carbons (Fsp3) is 0.375. The van der Waals surface area contributed by atoms with Gasteiger partial charge in [-0.25, -0.2) is 0 Å². The molecule has 0 aliphatic carbocycles. The van der Waals surface area contributed by atoms with Gasteiger partial charge in [-0.05, 0) is 48.9 Å². The predicted molar refractivity (Wildman–Crippen MR) is 128 cm³/mol. The molecule has 1 aliphatic heterocycles. The van der Waals surface area contributed by atoms with Crippen LogP contribution >= 0.6 is 11.8 Å². The number of hydrogen-bond donors (Lipinski definition) is 0. The van der Waals surface area contributed by atoms with Crippen molar-refractivity contribution in [1.29, 1.82) is 0 Å². The molecule has 1 aromatic heterocycles. The van der Waals surface area contributed by atoms with Crippen LogP contribution in [0.25, 0.3) is 5.69 Å². The second-order valence-electron chi connectivity index (χ2n) is 7.70. The first-order valence-electron chi connectivity index (χ1n) is 11.1. The van der Waals surface area contributed by atoms with Crippen LogP contribution in [0.3, 0.4) is 0 Å². The van der Waals surface area contributed by atoms with Crippen molar-refractivity contribution in [3.63, 3.8) is 0 Å². The van der Waals surface area contributed by atoms with E-state index in [4.69, 9.17) is 9.47 Å². The molecule has 1 fully saturated rings. The lowest BCUT2D eigenvalue weighted by Crippen LogP contribution is -2.48. The Morgan fingerprint density at radius 1 is 1.00 bits per heavy atom. The van der Waals surface area contributed by atoms with Gasteiger partial charge in [0.2, 0.25) is 5.91 Å². The number of benzene rings is 2. The Morgan fingerprint density at radius 3 is 2.36 bits per heavy atom. The summed E-state index contributed by atoms with van der Waals surface area (Å²) in [5, 5.41) is 8.90. The van der Waals surface area contributed by atoms with Crippen LogP contribution in [0.4, 0.5) is 0 Å². The zero-order valence-corrected chi connectivity index (χ0v) is 19.8. The summed E-state index contributed by atoms with van der Waals surface area (Å²) < 4.78 is 12.6. The van der Waals surface area contributed by atoms with E-state index >= 15 is 0 Å². The summed E-state index contributed by atoms with van der Waals surface area (Å²) in [5.41, 5.74) is 2.19. The fourth-order valence-electron chi connectivity index (χ4n) is 3.73. The molecule has 2 heterocycles. The highest BCUT2D eigenvalue weighted by Crippen LogP contribution is 2.22. The lowest BCUT2D eigenvalue weighted by molar-refractivity contribution is -0.130. The molecular formula is C24H29N5O3S. The lowest BCUT2D eigenvalue weighted by atomic mass is 10.2. The topological polar surface area (TPSA) is 72.7 Å². The number of piperazine rings is 1. The summed E-state index contributed by atoms with van der Waals surface area (Å²) in [4.78, 5) is 17.1. The number of rotatable bonds is 9. The van der Waals surface area contributed by atoms with Crippen molar-refractivity contribution < 1.29 is 14.3 Å². The number of ether oxygens (including phenoxy) is 2.